The van der Waals surface area contributed by atoms with Crippen LogP contribution in [0.2, 0.25) is 0 Å². The summed E-state index contributed by atoms with van der Waals surface area (Å²) in [4.78, 5) is 11.2. The van der Waals surface area contributed by atoms with Gasteiger partial charge >= 0.3 is 45.1 Å². The Labute approximate surface area is 70.8 Å². The molecular weight excluding hydrogens is 223 g/mol. The van der Waals surface area contributed by atoms with E-state index in [0.29, 0.717) is 0 Å². The van der Waals surface area contributed by atoms with Crippen LogP contribution < -0.4 is 5.26 Å². The van der Waals surface area contributed by atoms with E-state index >= 15 is 0 Å². The zero-order chi connectivity index (χ0) is 4.28. The van der Waals surface area contributed by atoms with Crippen LogP contribution in [-0.2, 0) is 49.3 Å². The normalized spacial score (nSPS) is 4.12. The van der Waals surface area contributed by atoms with Gasteiger partial charge in [-0.2, -0.15) is 0 Å². The van der Waals surface area contributed by atoms with Crippen LogP contribution in [0.5, 0.6) is 0 Å². The maximum atomic E-state index is 8.83. The zero-order valence-corrected chi connectivity index (χ0v) is 9.93. The topological polar surface area (TPSA) is 98.1 Å². The molecule has 0 saturated heterocycles. The van der Waals surface area contributed by atoms with E-state index in [4.69, 9.17) is 15.2 Å². The van der Waals surface area contributed by atoms with Gasteiger partial charge in [0.2, 0.25) is 0 Å². The van der Waals surface area contributed by atoms with Gasteiger partial charge in [-0.1, -0.05) is 0 Å². The molecule has 0 aromatic carbocycles. The number of hydrogen-bond donors (Lipinski definition) is 1. The first-order chi connectivity index (χ1) is 2.27. The Morgan fingerprint density at radius 3 is 1.62 bits per heavy atom. The van der Waals surface area contributed by atoms with Gasteiger partial charge in [0.05, 0.1) is 0 Å². The van der Waals surface area contributed by atoms with Crippen molar-refractivity contribution in [3.05, 3.63) is 0 Å². The molecule has 1 N–H and O–H groups in total. The second kappa shape index (κ2) is 15.7. The molecule has 0 radical (unpaired) electrons. The Balaban J connectivity index is -0.0000000267. The molecule has 8 heavy (non-hydrogen) atoms. The first kappa shape index (κ1) is 23.7. The van der Waals surface area contributed by atoms with Gasteiger partial charge in [0.1, 0.15) is 0 Å². The average Bonchev–Trinajstić information content (AvgIpc) is 1.38. The molecule has 5 nitrogen and oxygen atoms in total. The second-order valence-corrected chi connectivity index (χ2v) is 0.349. The zero-order valence-electron chi connectivity index (χ0n) is 3.99. The molecule has 0 aliphatic rings. The van der Waals surface area contributed by atoms with Crippen molar-refractivity contribution in [2.45, 2.75) is 0 Å². The second-order valence-electron chi connectivity index (χ2n) is 0.349. The van der Waals surface area contributed by atoms with E-state index in [-0.39, 0.29) is 44.4 Å². The number of carbonyl (C=O) groups is 1. The van der Waals surface area contributed by atoms with Gasteiger partial charge in [0, 0.05) is 0 Å². The summed E-state index contributed by atoms with van der Waals surface area (Å²) in [7, 11) is 0. The molecule has 0 fully saturated rings. The number of hydrogen-bond acceptors (Lipinski definition) is 3. The van der Waals surface area contributed by atoms with Crippen LogP contribution in [-0.4, -0.2) is 11.3 Å². The van der Waals surface area contributed by atoms with E-state index in [2.05, 4.69) is 4.89 Å². The van der Waals surface area contributed by atoms with Gasteiger partial charge in [0.25, 0.3) is 0 Å². The Morgan fingerprint density at radius 2 is 1.62 bits per heavy atom. The summed E-state index contributed by atoms with van der Waals surface area (Å²) in [5.41, 5.74) is 0. The third-order valence-corrected chi connectivity index (χ3v) is 0.0713. The predicted molar refractivity (Wildman–Crippen MR) is 9.80 cm³/mol. The summed E-state index contributed by atoms with van der Waals surface area (Å²) in [6, 6.07) is 0. The van der Waals surface area contributed by atoms with Crippen LogP contribution >= 0.6 is 0 Å². The predicted octanol–water partition coefficient (Wildman–Crippen LogP) is -1.17. The van der Waals surface area contributed by atoms with E-state index in [1.54, 1.807) is 0 Å². The largest absolute Gasteiger partial charge is 2.00 e. The minimum Gasteiger partial charge on any atom is -2.00 e. The molecule has 0 heterocycles. The molecule has 0 spiro atoms. The SMILES string of the molecule is O=C(O)O[O-].[O-2].[Zn+2].[Zn+2]. The van der Waals surface area contributed by atoms with Gasteiger partial charge < -0.3 is 20.7 Å². The fourth-order valence-corrected chi connectivity index (χ4v) is 0. The Hall–Kier alpha value is 0.437. The minimum absolute atomic E-state index is 0. The molecule has 7 heteroatoms. The standard InChI is InChI=1S/CH2O4.O.2Zn/c2-1(3)5-4;;;/h4H,(H,2,3);;;/q;-2;2*+2/p-1. The molecule has 0 unspecified atom stereocenters. The Bertz CT molecular complexity index is 45.7. The van der Waals surface area contributed by atoms with Crippen LogP contribution in [0.3, 0.4) is 0 Å². The van der Waals surface area contributed by atoms with E-state index in [9.17, 15) is 0 Å². The van der Waals surface area contributed by atoms with Crippen molar-refractivity contribution >= 4 is 6.16 Å². The molecule has 0 aromatic heterocycles. The van der Waals surface area contributed by atoms with Crippen LogP contribution in [0, 0.1) is 0 Å². The summed E-state index contributed by atoms with van der Waals surface area (Å²) in [6.07, 6.45) is -1.80. The van der Waals surface area contributed by atoms with Crippen molar-refractivity contribution in [2.24, 2.45) is 0 Å². The molecule has 0 atom stereocenters. The molecule has 0 aromatic rings. The average molecular weight is 224 g/mol. The van der Waals surface area contributed by atoms with Crippen LogP contribution in [0.25, 0.3) is 0 Å². The summed E-state index contributed by atoms with van der Waals surface area (Å²) in [5.74, 6) is 0. The minimum atomic E-state index is -1.80. The van der Waals surface area contributed by atoms with Gasteiger partial charge in [-0.05, 0) is 0 Å². The molecule has 0 aliphatic carbocycles. The van der Waals surface area contributed by atoms with Crippen molar-refractivity contribution in [3.8, 4) is 0 Å². The molecule has 0 rings (SSSR count). The molecular formula is CHO5Zn2+. The fraction of sp³-hybridized carbons (Fsp3) is 0. The molecule has 0 saturated carbocycles. The van der Waals surface area contributed by atoms with Gasteiger partial charge in [-0.15, -0.1) is 0 Å². The molecule has 0 bridgehead atoms. The Morgan fingerprint density at radius 1 is 1.50 bits per heavy atom. The fourth-order valence-electron chi connectivity index (χ4n) is 0. The smallest absolute Gasteiger partial charge is 2.00 e. The third kappa shape index (κ3) is 32.0. The van der Waals surface area contributed by atoms with Crippen LogP contribution in [0.1, 0.15) is 0 Å². The van der Waals surface area contributed by atoms with Crippen molar-refractivity contribution in [3.63, 3.8) is 0 Å². The first-order valence-electron chi connectivity index (χ1n) is 0.799. The summed E-state index contributed by atoms with van der Waals surface area (Å²) in [5, 5.41) is 15.7. The van der Waals surface area contributed by atoms with Crippen molar-refractivity contribution in [1.29, 1.82) is 0 Å². The molecule has 0 amide bonds. The monoisotopic (exact) mass is 221 g/mol. The maximum absolute atomic E-state index is 8.83. The molecule has 38 valence electrons. The van der Waals surface area contributed by atoms with Gasteiger partial charge in [0.15, 0.2) is 0 Å². The van der Waals surface area contributed by atoms with Crippen molar-refractivity contribution in [2.75, 3.05) is 0 Å². The summed E-state index contributed by atoms with van der Waals surface area (Å²) in [6.45, 7) is 0. The summed E-state index contributed by atoms with van der Waals surface area (Å²) >= 11 is 0. The van der Waals surface area contributed by atoms with E-state index < -0.39 is 6.16 Å². The number of carboxylic acid groups (broad SMARTS) is 1. The van der Waals surface area contributed by atoms with Crippen molar-refractivity contribution < 1.29 is 64.5 Å². The Kier molecular flexibility index (Phi) is 46.4. The van der Waals surface area contributed by atoms with E-state index in [0.717, 1.165) is 0 Å². The quantitative estimate of drug-likeness (QED) is 0.318. The first-order valence-corrected chi connectivity index (χ1v) is 0.799. The van der Waals surface area contributed by atoms with Crippen LogP contribution in [0.15, 0.2) is 0 Å². The van der Waals surface area contributed by atoms with E-state index in [1.165, 1.54) is 0 Å². The van der Waals surface area contributed by atoms with Gasteiger partial charge in [-0.3, -0.25) is 0 Å². The third-order valence-electron chi connectivity index (χ3n) is 0.0713. The molecule has 0 aliphatic heterocycles. The van der Waals surface area contributed by atoms with Crippen molar-refractivity contribution in [1.82, 2.24) is 0 Å². The van der Waals surface area contributed by atoms with Gasteiger partial charge in [-0.25, -0.2) is 4.79 Å². The number of rotatable bonds is 0. The van der Waals surface area contributed by atoms with Crippen LogP contribution in [0.4, 0.5) is 4.79 Å². The van der Waals surface area contributed by atoms with E-state index in [1.807, 2.05) is 0 Å². The summed E-state index contributed by atoms with van der Waals surface area (Å²) < 4.78 is 0. The maximum Gasteiger partial charge on any atom is 2.00 e.